The molecule has 0 radical (unpaired) electrons. The summed E-state index contributed by atoms with van der Waals surface area (Å²) < 4.78 is 38.9. The molecule has 0 aromatic heterocycles. The molecule has 6 N–H and O–H groups in total. The molecule has 3 saturated heterocycles. The highest BCUT2D eigenvalue weighted by molar-refractivity contribution is 8.02. The molecule has 6 amide bonds. The Labute approximate surface area is 238 Å². The van der Waals surface area contributed by atoms with Crippen molar-refractivity contribution in [2.24, 2.45) is 5.73 Å². The zero-order chi connectivity index (χ0) is 31.3. The van der Waals surface area contributed by atoms with Crippen LogP contribution in [0.15, 0.2) is 18.2 Å². The lowest BCUT2D eigenvalue weighted by molar-refractivity contribution is -0.385. The molecule has 4 atom stereocenters. The third-order valence-electron chi connectivity index (χ3n) is 6.44. The van der Waals surface area contributed by atoms with Gasteiger partial charge in [0, 0.05) is 19.5 Å². The Bertz CT molecular complexity index is 1540. The van der Waals surface area contributed by atoms with E-state index >= 15 is 0 Å². The van der Waals surface area contributed by atoms with Crippen LogP contribution in [0.2, 0.25) is 0 Å². The Kier molecular flexibility index (Phi) is 7.64. The van der Waals surface area contributed by atoms with Gasteiger partial charge in [-0.3, -0.25) is 34.0 Å². The van der Waals surface area contributed by atoms with E-state index in [1.807, 2.05) is 5.43 Å². The number of β-lactam (4-membered cyclic amide) rings is 1. The number of esters is 1. The van der Waals surface area contributed by atoms with Crippen molar-refractivity contribution < 1.29 is 56.5 Å². The van der Waals surface area contributed by atoms with Gasteiger partial charge in [0.1, 0.15) is 11.4 Å². The maximum Gasteiger partial charge on any atom is 0.342 e. The molecule has 3 aliphatic heterocycles. The second kappa shape index (κ2) is 10.6. The predicted molar refractivity (Wildman–Crippen MR) is 136 cm³/mol. The van der Waals surface area contributed by atoms with Gasteiger partial charge in [-0.1, -0.05) is 17.8 Å². The number of urea groups is 2. The number of carbonyl (C=O) groups excluding carboxylic acids is 5. The number of nitro groups is 1. The zero-order valence-electron chi connectivity index (χ0n) is 21.2. The standard InChI is InChI=1S/C20H21N7O13S2/c1-8(28)40-11-3-2-9(6-10(11)27(35)36)13(42(37,38)39)14(29)22-12-15(30)24-7-20(17(31)32,41-16(12)24)25-4-5-26(19(25)34)23-18(21)33/h2-3,6,12-13,16H,4-5,7H2,1H3,(H,22,29)(H,31,32)(H3,21,23,33)(H,37,38,39)/t12-,13?,16-,20-/m1/s1. The summed E-state index contributed by atoms with van der Waals surface area (Å²) in [5, 5.41) is 20.8. The minimum Gasteiger partial charge on any atom is -0.479 e. The van der Waals surface area contributed by atoms with Crippen molar-refractivity contribution in [3.05, 3.63) is 33.9 Å². The van der Waals surface area contributed by atoms with E-state index in [4.69, 9.17) is 10.5 Å². The Morgan fingerprint density at radius 3 is 2.48 bits per heavy atom. The van der Waals surface area contributed by atoms with Crippen molar-refractivity contribution >= 4 is 63.4 Å². The van der Waals surface area contributed by atoms with E-state index in [0.717, 1.165) is 33.9 Å². The maximum atomic E-state index is 13.1. The Balaban J connectivity index is 1.58. The molecule has 0 aliphatic carbocycles. The number of hydrazine groups is 1. The molecule has 3 aliphatic rings. The summed E-state index contributed by atoms with van der Waals surface area (Å²) >= 11 is 0.596. The number of carboxylic acid groups (broad SMARTS) is 1. The number of carbonyl (C=O) groups is 6. The smallest absolute Gasteiger partial charge is 0.342 e. The van der Waals surface area contributed by atoms with Crippen molar-refractivity contribution in [1.29, 1.82) is 0 Å². The predicted octanol–water partition coefficient (Wildman–Crippen LogP) is -2.05. The molecular weight excluding hydrogens is 610 g/mol. The van der Waals surface area contributed by atoms with E-state index in [2.05, 4.69) is 5.32 Å². The van der Waals surface area contributed by atoms with Gasteiger partial charge in [-0.2, -0.15) is 8.42 Å². The van der Waals surface area contributed by atoms with Crippen molar-refractivity contribution in [3.63, 3.8) is 0 Å². The van der Waals surface area contributed by atoms with Crippen LogP contribution in [0.1, 0.15) is 17.7 Å². The molecule has 20 nitrogen and oxygen atoms in total. The van der Waals surface area contributed by atoms with Gasteiger partial charge in [0.05, 0.1) is 18.0 Å². The summed E-state index contributed by atoms with van der Waals surface area (Å²) in [6, 6.07) is -1.20. The van der Waals surface area contributed by atoms with E-state index in [-0.39, 0.29) is 13.1 Å². The number of benzene rings is 1. The highest BCUT2D eigenvalue weighted by Gasteiger charge is 2.66. The lowest BCUT2D eigenvalue weighted by atomic mass is 10.0. The van der Waals surface area contributed by atoms with Gasteiger partial charge in [0.15, 0.2) is 5.25 Å². The Hall–Kier alpha value is -4.70. The van der Waals surface area contributed by atoms with Crippen molar-refractivity contribution in [2.75, 3.05) is 19.6 Å². The van der Waals surface area contributed by atoms with Gasteiger partial charge in [0.25, 0.3) is 10.1 Å². The molecule has 22 heteroatoms. The summed E-state index contributed by atoms with van der Waals surface area (Å²) in [6.45, 7) is 0.120. The lowest BCUT2D eigenvalue weighted by Crippen LogP contribution is -2.68. The number of rotatable bonds is 9. The van der Waals surface area contributed by atoms with E-state index in [1.165, 1.54) is 0 Å². The number of amides is 6. The first-order chi connectivity index (χ1) is 19.5. The molecule has 0 saturated carbocycles. The van der Waals surface area contributed by atoms with Gasteiger partial charge in [0.2, 0.25) is 22.4 Å². The minimum absolute atomic E-state index is 0.130. The first kappa shape index (κ1) is 30.3. The van der Waals surface area contributed by atoms with Crippen molar-refractivity contribution in [3.8, 4) is 5.75 Å². The van der Waals surface area contributed by atoms with Crippen LogP contribution in [-0.2, 0) is 29.3 Å². The largest absolute Gasteiger partial charge is 0.479 e. The highest BCUT2D eigenvalue weighted by Crippen LogP contribution is 2.49. The molecule has 0 spiro atoms. The average Bonchev–Trinajstić information content (AvgIpc) is 3.41. The Morgan fingerprint density at radius 1 is 1.26 bits per heavy atom. The van der Waals surface area contributed by atoms with Crippen LogP contribution in [0.25, 0.3) is 0 Å². The van der Waals surface area contributed by atoms with Crippen LogP contribution in [-0.4, -0.2) is 110 Å². The maximum absolute atomic E-state index is 13.1. The SMILES string of the molecule is CC(=O)Oc1ccc(C(C(=O)N[C@@H]2C(=O)N3C[C@@](C(=O)O)(N4CCN(NC(N)=O)C4=O)S[C@H]23)S(=O)(=O)O)cc1[N+](=O)[O-]. The van der Waals surface area contributed by atoms with Crippen LogP contribution in [0, 0.1) is 10.1 Å². The fourth-order valence-electron chi connectivity index (χ4n) is 4.68. The lowest BCUT2D eigenvalue weighted by Gasteiger charge is -2.41. The summed E-state index contributed by atoms with van der Waals surface area (Å²) in [5.74, 6) is -5.34. The van der Waals surface area contributed by atoms with Crippen molar-refractivity contribution in [1.82, 2.24) is 25.6 Å². The number of nitro benzene ring substituents is 1. The number of aliphatic carboxylic acids is 1. The fraction of sp³-hybridized carbons (Fsp3) is 0.400. The number of thioether (sulfide) groups is 1. The number of ether oxygens (including phenoxy) is 1. The topological polar surface area (TPSA) is 289 Å². The normalized spacial score (nSPS) is 24.0. The number of nitrogens with one attached hydrogen (secondary N) is 2. The van der Waals surface area contributed by atoms with E-state index in [9.17, 15) is 57.0 Å². The van der Waals surface area contributed by atoms with Gasteiger partial charge in [-0.05, 0) is 11.6 Å². The quantitative estimate of drug-likeness (QED) is 0.0490. The molecule has 1 aromatic carbocycles. The third kappa shape index (κ3) is 5.21. The fourth-order valence-corrected chi connectivity index (χ4v) is 7.15. The summed E-state index contributed by atoms with van der Waals surface area (Å²) in [4.78, 5) is 83.8. The van der Waals surface area contributed by atoms with E-state index < -0.39 is 95.9 Å². The van der Waals surface area contributed by atoms with E-state index in [0.29, 0.717) is 17.8 Å². The van der Waals surface area contributed by atoms with Crippen LogP contribution in [0.4, 0.5) is 15.3 Å². The van der Waals surface area contributed by atoms with E-state index in [1.54, 1.807) is 0 Å². The molecule has 42 heavy (non-hydrogen) atoms. The average molecular weight is 632 g/mol. The summed E-state index contributed by atoms with van der Waals surface area (Å²) in [6.07, 6.45) is 0. The van der Waals surface area contributed by atoms with Gasteiger partial charge in [-0.15, -0.1) is 0 Å². The Morgan fingerprint density at radius 2 is 1.93 bits per heavy atom. The number of primary amides is 1. The molecule has 1 aromatic rings. The van der Waals surface area contributed by atoms with Crippen LogP contribution in [0.3, 0.4) is 0 Å². The minimum atomic E-state index is -5.31. The number of nitrogens with two attached hydrogens (primary N) is 1. The molecule has 0 bridgehead atoms. The number of nitrogens with zero attached hydrogens (tertiary/aromatic N) is 4. The second-order valence-corrected chi connectivity index (χ2v) is 12.0. The zero-order valence-corrected chi connectivity index (χ0v) is 22.8. The summed E-state index contributed by atoms with van der Waals surface area (Å²) in [5.41, 5.74) is 5.55. The monoisotopic (exact) mass is 631 g/mol. The molecule has 226 valence electrons. The first-order valence-corrected chi connectivity index (χ1v) is 14.0. The first-order valence-electron chi connectivity index (χ1n) is 11.6. The molecule has 3 heterocycles. The molecule has 3 fully saturated rings. The number of hydrogen-bond acceptors (Lipinski definition) is 12. The molecule has 1 unspecified atom stereocenters. The molecular formula is C20H21N7O13S2. The molecule has 4 rings (SSSR count). The number of fused-ring (bicyclic) bond motifs is 1. The van der Waals surface area contributed by atoms with Crippen LogP contribution >= 0.6 is 11.8 Å². The second-order valence-electron chi connectivity index (χ2n) is 9.09. The number of carboxylic acids is 1. The van der Waals surface area contributed by atoms with Crippen molar-refractivity contribution in [2.45, 2.75) is 28.5 Å². The van der Waals surface area contributed by atoms with Gasteiger partial charge in [-0.25, -0.2) is 24.8 Å². The number of hydrogen-bond donors (Lipinski definition) is 5. The van der Waals surface area contributed by atoms with Gasteiger partial charge >= 0.3 is 29.7 Å². The van der Waals surface area contributed by atoms with Gasteiger partial charge < -0.3 is 25.8 Å². The van der Waals surface area contributed by atoms with Crippen LogP contribution in [0.5, 0.6) is 5.75 Å². The summed E-state index contributed by atoms with van der Waals surface area (Å²) in [7, 11) is -5.31. The van der Waals surface area contributed by atoms with Crippen LogP contribution < -0.4 is 21.2 Å². The highest BCUT2D eigenvalue weighted by atomic mass is 32.2. The third-order valence-corrected chi connectivity index (χ3v) is 9.20.